The number of hydrogen-bond donors (Lipinski definition) is 2. The molecule has 0 aromatic carbocycles. The van der Waals surface area contributed by atoms with Gasteiger partial charge in [0.25, 0.3) is 0 Å². The zero-order chi connectivity index (χ0) is 9.03. The topological polar surface area (TPSA) is 58.2 Å². The van der Waals surface area contributed by atoms with Crippen LogP contribution >= 0.6 is 0 Å². The Morgan fingerprint density at radius 3 is 2.92 bits per heavy atom. The summed E-state index contributed by atoms with van der Waals surface area (Å²) in [7, 11) is -3.12. The number of rotatable bonds is 4. The Morgan fingerprint density at radius 1 is 1.67 bits per heavy atom. The van der Waals surface area contributed by atoms with Gasteiger partial charge in [-0.05, 0) is 13.0 Å². The molecule has 1 atom stereocenters. The van der Waals surface area contributed by atoms with Gasteiger partial charge in [0.05, 0.1) is 5.75 Å². The minimum atomic E-state index is -3.12. The van der Waals surface area contributed by atoms with Crippen LogP contribution in [0.4, 0.5) is 0 Å². The lowest BCUT2D eigenvalue weighted by molar-refractivity contribution is 0.563. The Labute approximate surface area is 73.1 Å². The van der Waals surface area contributed by atoms with Crippen LogP contribution in [0.25, 0.3) is 0 Å². The molecule has 1 rings (SSSR count). The van der Waals surface area contributed by atoms with E-state index in [0.717, 1.165) is 19.5 Å². The van der Waals surface area contributed by atoms with E-state index in [2.05, 4.69) is 16.6 Å². The van der Waals surface area contributed by atoms with E-state index < -0.39 is 10.0 Å². The molecule has 1 saturated heterocycles. The van der Waals surface area contributed by atoms with Gasteiger partial charge in [-0.15, -0.1) is 6.58 Å². The molecule has 0 amide bonds. The monoisotopic (exact) mass is 190 g/mol. The van der Waals surface area contributed by atoms with Gasteiger partial charge in [0.1, 0.15) is 0 Å². The molecule has 5 heteroatoms. The second-order valence-electron chi connectivity index (χ2n) is 2.88. The van der Waals surface area contributed by atoms with Crippen LogP contribution in [0.15, 0.2) is 12.7 Å². The summed E-state index contributed by atoms with van der Waals surface area (Å²) in [6, 6.07) is 0.0648. The molecule has 0 aromatic rings. The summed E-state index contributed by atoms with van der Waals surface area (Å²) in [5.74, 6) is 0.00347. The third kappa shape index (κ3) is 2.92. The van der Waals surface area contributed by atoms with E-state index >= 15 is 0 Å². The first kappa shape index (κ1) is 9.70. The Kier molecular flexibility index (Phi) is 3.25. The van der Waals surface area contributed by atoms with Gasteiger partial charge >= 0.3 is 0 Å². The maximum atomic E-state index is 11.2. The molecule has 1 heterocycles. The van der Waals surface area contributed by atoms with E-state index in [1.165, 1.54) is 6.08 Å². The second kappa shape index (κ2) is 4.02. The molecular weight excluding hydrogens is 176 g/mol. The molecule has 0 radical (unpaired) electrons. The molecule has 2 N–H and O–H groups in total. The molecule has 4 nitrogen and oxygen atoms in total. The third-order valence-electron chi connectivity index (χ3n) is 1.74. The molecule has 0 spiro atoms. The summed E-state index contributed by atoms with van der Waals surface area (Å²) in [6.45, 7) is 5.01. The van der Waals surface area contributed by atoms with E-state index in [9.17, 15) is 8.42 Å². The molecule has 12 heavy (non-hydrogen) atoms. The first-order valence-electron chi connectivity index (χ1n) is 3.95. The zero-order valence-corrected chi connectivity index (χ0v) is 7.73. The molecule has 70 valence electrons. The smallest absolute Gasteiger partial charge is 0.215 e. The van der Waals surface area contributed by atoms with E-state index in [4.69, 9.17) is 0 Å². The maximum absolute atomic E-state index is 11.2. The SMILES string of the molecule is C=CCS(=O)(=O)NC1CCNC1. The summed E-state index contributed by atoms with van der Waals surface area (Å²) < 4.78 is 24.9. The van der Waals surface area contributed by atoms with Crippen molar-refractivity contribution in [3.05, 3.63) is 12.7 Å². The van der Waals surface area contributed by atoms with Gasteiger partial charge < -0.3 is 5.32 Å². The lowest BCUT2D eigenvalue weighted by Crippen LogP contribution is -2.37. The van der Waals surface area contributed by atoms with Gasteiger partial charge in [0.15, 0.2) is 0 Å². The van der Waals surface area contributed by atoms with Gasteiger partial charge in [-0.1, -0.05) is 6.08 Å². The molecule has 1 aliphatic heterocycles. The van der Waals surface area contributed by atoms with Crippen LogP contribution in [0.1, 0.15) is 6.42 Å². The van der Waals surface area contributed by atoms with Crippen molar-refractivity contribution in [1.29, 1.82) is 0 Å². The maximum Gasteiger partial charge on any atom is 0.215 e. The molecule has 0 aromatic heterocycles. The zero-order valence-electron chi connectivity index (χ0n) is 6.91. The molecule has 0 bridgehead atoms. The van der Waals surface area contributed by atoms with Gasteiger partial charge in [0.2, 0.25) is 10.0 Å². The summed E-state index contributed by atoms with van der Waals surface area (Å²) in [5, 5.41) is 3.08. The van der Waals surface area contributed by atoms with Gasteiger partial charge in [0, 0.05) is 12.6 Å². The van der Waals surface area contributed by atoms with Gasteiger partial charge in [-0.3, -0.25) is 0 Å². The highest BCUT2D eigenvalue weighted by Crippen LogP contribution is 1.99. The number of nitrogens with one attached hydrogen (secondary N) is 2. The fourth-order valence-corrected chi connectivity index (χ4v) is 2.33. The lowest BCUT2D eigenvalue weighted by Gasteiger charge is -2.09. The Balaban J connectivity index is 2.43. The van der Waals surface area contributed by atoms with E-state index in [1.54, 1.807) is 0 Å². The largest absolute Gasteiger partial charge is 0.315 e. The van der Waals surface area contributed by atoms with Crippen LogP contribution in [0.3, 0.4) is 0 Å². The van der Waals surface area contributed by atoms with Crippen molar-refractivity contribution in [2.45, 2.75) is 12.5 Å². The Bertz CT molecular complexity index is 242. The first-order valence-corrected chi connectivity index (χ1v) is 5.61. The van der Waals surface area contributed by atoms with E-state index in [0.29, 0.717) is 0 Å². The van der Waals surface area contributed by atoms with E-state index in [1.807, 2.05) is 0 Å². The number of hydrogen-bond acceptors (Lipinski definition) is 3. The minimum Gasteiger partial charge on any atom is -0.315 e. The van der Waals surface area contributed by atoms with Crippen molar-refractivity contribution in [2.75, 3.05) is 18.8 Å². The number of sulfonamides is 1. The van der Waals surface area contributed by atoms with Gasteiger partial charge in [-0.25, -0.2) is 13.1 Å². The standard InChI is InChI=1S/C7H14N2O2S/c1-2-5-12(10,11)9-7-3-4-8-6-7/h2,7-9H,1,3-6H2. The van der Waals surface area contributed by atoms with Crippen molar-refractivity contribution in [3.8, 4) is 0 Å². The van der Waals surface area contributed by atoms with Crippen LogP contribution in [-0.2, 0) is 10.0 Å². The third-order valence-corrected chi connectivity index (χ3v) is 3.11. The highest BCUT2D eigenvalue weighted by molar-refractivity contribution is 7.89. The average molecular weight is 190 g/mol. The Hall–Kier alpha value is -0.390. The fourth-order valence-electron chi connectivity index (χ4n) is 1.21. The molecule has 0 aliphatic carbocycles. The van der Waals surface area contributed by atoms with Crippen LogP contribution in [0, 0.1) is 0 Å². The van der Waals surface area contributed by atoms with Crippen molar-refractivity contribution in [3.63, 3.8) is 0 Å². The van der Waals surface area contributed by atoms with Crippen LogP contribution in [-0.4, -0.2) is 33.3 Å². The van der Waals surface area contributed by atoms with Crippen LogP contribution < -0.4 is 10.0 Å². The molecule has 1 fully saturated rings. The highest BCUT2D eigenvalue weighted by Gasteiger charge is 2.19. The van der Waals surface area contributed by atoms with Gasteiger partial charge in [-0.2, -0.15) is 0 Å². The predicted molar refractivity (Wildman–Crippen MR) is 48.4 cm³/mol. The average Bonchev–Trinajstić information content (AvgIpc) is 2.38. The molecule has 1 aliphatic rings. The summed E-state index contributed by atoms with van der Waals surface area (Å²) >= 11 is 0. The highest BCUT2D eigenvalue weighted by atomic mass is 32.2. The summed E-state index contributed by atoms with van der Waals surface area (Å²) in [6.07, 6.45) is 2.26. The molecule has 1 unspecified atom stereocenters. The van der Waals surface area contributed by atoms with Crippen LogP contribution in [0.5, 0.6) is 0 Å². The second-order valence-corrected chi connectivity index (χ2v) is 4.68. The fraction of sp³-hybridized carbons (Fsp3) is 0.714. The van der Waals surface area contributed by atoms with Crippen molar-refractivity contribution >= 4 is 10.0 Å². The molecule has 0 saturated carbocycles. The normalized spacial score (nSPS) is 24.2. The minimum absolute atomic E-state index is 0.00347. The first-order chi connectivity index (χ1) is 5.64. The van der Waals surface area contributed by atoms with E-state index in [-0.39, 0.29) is 11.8 Å². The van der Waals surface area contributed by atoms with Crippen LogP contribution in [0.2, 0.25) is 0 Å². The van der Waals surface area contributed by atoms with Crippen molar-refractivity contribution in [2.24, 2.45) is 0 Å². The Morgan fingerprint density at radius 2 is 2.42 bits per heavy atom. The van der Waals surface area contributed by atoms with Crippen molar-refractivity contribution < 1.29 is 8.42 Å². The van der Waals surface area contributed by atoms with Crippen molar-refractivity contribution in [1.82, 2.24) is 10.0 Å². The predicted octanol–water partition coefficient (Wildman–Crippen LogP) is -0.546. The molecular formula is C7H14N2O2S. The quantitative estimate of drug-likeness (QED) is 0.585. The summed E-state index contributed by atoms with van der Waals surface area (Å²) in [5.41, 5.74) is 0. The lowest BCUT2D eigenvalue weighted by atomic mass is 10.3. The summed E-state index contributed by atoms with van der Waals surface area (Å²) in [4.78, 5) is 0.